The van der Waals surface area contributed by atoms with E-state index in [-0.39, 0.29) is 18.5 Å². The molecule has 0 saturated carbocycles. The van der Waals surface area contributed by atoms with Crippen LogP contribution in [0.15, 0.2) is 36.5 Å². The second-order valence-electron chi connectivity index (χ2n) is 18.6. The van der Waals surface area contributed by atoms with Gasteiger partial charge in [-0.2, -0.15) is 0 Å². The minimum atomic E-state index is -0.850. The van der Waals surface area contributed by atoms with Gasteiger partial charge in [-0.15, -0.1) is 0 Å². The molecule has 62 heavy (non-hydrogen) atoms. The molecule has 0 aliphatic carbocycles. The Hall–Kier alpha value is -1.92. The number of hydrogen-bond donors (Lipinski definition) is 3. The predicted octanol–water partition coefficient (Wildman–Crippen LogP) is 16.5. The summed E-state index contributed by atoms with van der Waals surface area (Å²) in [5, 5.41) is 23.0. The van der Waals surface area contributed by atoms with Crippen molar-refractivity contribution in [2.24, 2.45) is 0 Å². The van der Waals surface area contributed by atoms with Crippen molar-refractivity contribution in [1.29, 1.82) is 0 Å². The molecular weight excluding hydrogens is 767 g/mol. The molecule has 0 heterocycles. The highest BCUT2D eigenvalue weighted by Gasteiger charge is 2.18. The summed E-state index contributed by atoms with van der Waals surface area (Å²) in [6.45, 7) is 4.85. The van der Waals surface area contributed by atoms with Crippen LogP contribution >= 0.6 is 0 Å². The van der Waals surface area contributed by atoms with E-state index < -0.39 is 12.1 Å². The van der Waals surface area contributed by atoms with Crippen molar-refractivity contribution in [3.05, 3.63) is 36.5 Å². The molecular formula is C56H105NO5. The largest absolute Gasteiger partial charge is 0.466 e. The number of rotatable bonds is 50. The Kier molecular flexibility index (Phi) is 50.1. The van der Waals surface area contributed by atoms with Crippen molar-refractivity contribution >= 4 is 11.9 Å². The van der Waals surface area contributed by atoms with E-state index in [1.165, 1.54) is 180 Å². The van der Waals surface area contributed by atoms with Crippen LogP contribution in [0.3, 0.4) is 0 Å². The summed E-state index contributed by atoms with van der Waals surface area (Å²) in [6, 6.07) is -0.634. The molecule has 2 unspecified atom stereocenters. The Morgan fingerprint density at radius 1 is 0.452 bits per heavy atom. The van der Waals surface area contributed by atoms with Crippen molar-refractivity contribution in [1.82, 2.24) is 5.32 Å². The zero-order valence-corrected chi connectivity index (χ0v) is 41.4. The fourth-order valence-corrected chi connectivity index (χ4v) is 8.21. The number of aliphatic hydroxyl groups is 2. The van der Waals surface area contributed by atoms with Crippen molar-refractivity contribution in [3.63, 3.8) is 0 Å². The normalized spacial score (nSPS) is 12.9. The molecule has 0 spiro atoms. The highest BCUT2D eigenvalue weighted by molar-refractivity contribution is 5.76. The Balaban J connectivity index is 3.49. The van der Waals surface area contributed by atoms with E-state index in [4.69, 9.17) is 4.74 Å². The number of unbranched alkanes of at least 4 members (excludes halogenated alkanes) is 36. The summed E-state index contributed by atoms with van der Waals surface area (Å²) in [6.07, 6.45) is 63.0. The van der Waals surface area contributed by atoms with Gasteiger partial charge in [0.05, 0.1) is 25.4 Å². The minimum absolute atomic E-state index is 0.0124. The van der Waals surface area contributed by atoms with Crippen molar-refractivity contribution in [2.75, 3.05) is 13.2 Å². The van der Waals surface area contributed by atoms with Gasteiger partial charge in [0.2, 0.25) is 5.91 Å². The standard InChI is InChI=1S/C56H105NO5/c1-3-5-7-9-11-13-15-17-26-30-34-38-42-46-50-56(61)62-51-47-43-39-35-31-27-24-22-20-18-19-21-23-25-29-33-37-41-45-49-55(60)57-53(52-58)54(59)48-44-40-36-32-28-16-14-12-10-8-6-4-2/h22,24,27,31,44,48,53-54,58-59H,3-21,23,25-26,28-30,32-43,45-47,49-52H2,1-2H3,(H,57,60)/b24-22-,31-27-,48-44+. The van der Waals surface area contributed by atoms with Gasteiger partial charge in [-0.3, -0.25) is 9.59 Å². The average Bonchev–Trinajstić information content (AvgIpc) is 3.27. The number of nitrogens with one attached hydrogen (secondary N) is 1. The molecule has 6 heteroatoms. The molecule has 0 bridgehead atoms. The van der Waals surface area contributed by atoms with Gasteiger partial charge in [-0.05, 0) is 64.2 Å². The van der Waals surface area contributed by atoms with E-state index in [0.717, 1.165) is 77.0 Å². The summed E-state index contributed by atoms with van der Waals surface area (Å²) in [7, 11) is 0. The Morgan fingerprint density at radius 2 is 0.790 bits per heavy atom. The number of ether oxygens (including phenoxy) is 1. The molecule has 0 saturated heterocycles. The van der Waals surface area contributed by atoms with Crippen LogP contribution in [0.2, 0.25) is 0 Å². The summed E-state index contributed by atoms with van der Waals surface area (Å²) in [4.78, 5) is 24.4. The summed E-state index contributed by atoms with van der Waals surface area (Å²) >= 11 is 0. The molecule has 1 amide bonds. The molecule has 0 aliphatic heterocycles. The quantitative estimate of drug-likeness (QED) is 0.0245. The first-order valence-corrected chi connectivity index (χ1v) is 27.3. The second kappa shape index (κ2) is 51.7. The van der Waals surface area contributed by atoms with Gasteiger partial charge in [0.25, 0.3) is 0 Å². The summed E-state index contributed by atoms with van der Waals surface area (Å²) in [5.41, 5.74) is 0. The zero-order valence-electron chi connectivity index (χ0n) is 41.4. The van der Waals surface area contributed by atoms with Crippen molar-refractivity contribution in [2.45, 2.75) is 296 Å². The number of esters is 1. The van der Waals surface area contributed by atoms with Gasteiger partial charge >= 0.3 is 5.97 Å². The van der Waals surface area contributed by atoms with Gasteiger partial charge in [-0.1, -0.05) is 243 Å². The van der Waals surface area contributed by atoms with Crippen molar-refractivity contribution in [3.8, 4) is 0 Å². The molecule has 2 atom stereocenters. The number of amides is 1. The first-order valence-electron chi connectivity index (χ1n) is 27.3. The third-order valence-corrected chi connectivity index (χ3v) is 12.4. The van der Waals surface area contributed by atoms with Gasteiger partial charge in [0.1, 0.15) is 0 Å². The highest BCUT2D eigenvalue weighted by Crippen LogP contribution is 2.16. The number of allylic oxidation sites excluding steroid dienone is 5. The van der Waals surface area contributed by atoms with E-state index >= 15 is 0 Å². The number of aliphatic hydroxyl groups excluding tert-OH is 2. The lowest BCUT2D eigenvalue weighted by Crippen LogP contribution is -2.45. The lowest BCUT2D eigenvalue weighted by molar-refractivity contribution is -0.143. The topological polar surface area (TPSA) is 95.9 Å². The minimum Gasteiger partial charge on any atom is -0.466 e. The first kappa shape index (κ1) is 60.1. The second-order valence-corrected chi connectivity index (χ2v) is 18.6. The summed E-state index contributed by atoms with van der Waals surface area (Å²) in [5.74, 6) is -0.0913. The maximum atomic E-state index is 12.4. The Morgan fingerprint density at radius 3 is 1.19 bits per heavy atom. The van der Waals surface area contributed by atoms with Crippen LogP contribution in [0.4, 0.5) is 0 Å². The van der Waals surface area contributed by atoms with Gasteiger partial charge in [0.15, 0.2) is 0 Å². The van der Waals surface area contributed by atoms with E-state index in [1.807, 2.05) is 6.08 Å². The zero-order chi connectivity index (χ0) is 45.1. The summed E-state index contributed by atoms with van der Waals surface area (Å²) < 4.78 is 5.45. The van der Waals surface area contributed by atoms with E-state index in [2.05, 4.69) is 43.5 Å². The Bertz CT molecular complexity index is 1010. The molecule has 0 aromatic carbocycles. The average molecular weight is 872 g/mol. The highest BCUT2D eigenvalue weighted by atomic mass is 16.5. The predicted molar refractivity (Wildman–Crippen MR) is 269 cm³/mol. The van der Waals surface area contributed by atoms with E-state index in [0.29, 0.717) is 19.4 Å². The lowest BCUT2D eigenvalue weighted by atomic mass is 10.0. The fourth-order valence-electron chi connectivity index (χ4n) is 8.21. The molecule has 364 valence electrons. The van der Waals surface area contributed by atoms with Crippen LogP contribution in [-0.4, -0.2) is 47.4 Å². The molecule has 0 radical (unpaired) electrons. The van der Waals surface area contributed by atoms with Crippen LogP contribution < -0.4 is 5.32 Å². The van der Waals surface area contributed by atoms with Crippen LogP contribution in [0.25, 0.3) is 0 Å². The maximum Gasteiger partial charge on any atom is 0.305 e. The molecule has 0 rings (SSSR count). The van der Waals surface area contributed by atoms with E-state index in [1.54, 1.807) is 6.08 Å². The number of carbonyl (C=O) groups excluding carboxylic acids is 2. The third-order valence-electron chi connectivity index (χ3n) is 12.4. The van der Waals surface area contributed by atoms with Gasteiger partial charge < -0.3 is 20.3 Å². The molecule has 0 aromatic heterocycles. The third kappa shape index (κ3) is 47.6. The lowest BCUT2D eigenvalue weighted by Gasteiger charge is -2.20. The van der Waals surface area contributed by atoms with Gasteiger partial charge in [0, 0.05) is 12.8 Å². The van der Waals surface area contributed by atoms with Crippen LogP contribution in [0.5, 0.6) is 0 Å². The van der Waals surface area contributed by atoms with E-state index in [9.17, 15) is 19.8 Å². The fraction of sp³-hybridized carbons (Fsp3) is 0.857. The molecule has 3 N–H and O–H groups in total. The van der Waals surface area contributed by atoms with Crippen LogP contribution in [-0.2, 0) is 14.3 Å². The molecule has 0 fully saturated rings. The molecule has 0 aromatic rings. The first-order chi connectivity index (χ1) is 30.5. The SMILES string of the molecule is CCCCCCCCCCCC/C=C/C(O)C(CO)NC(=O)CCCCCCCCCCCC/C=C\C=C/CCCCCOC(=O)CCCCCCCCCCCCCCCC. The van der Waals surface area contributed by atoms with Gasteiger partial charge in [-0.25, -0.2) is 0 Å². The number of carbonyl (C=O) groups is 2. The Labute approximate surface area is 385 Å². The van der Waals surface area contributed by atoms with Crippen molar-refractivity contribution < 1.29 is 24.5 Å². The number of hydrogen-bond acceptors (Lipinski definition) is 5. The van der Waals surface area contributed by atoms with Crippen LogP contribution in [0, 0.1) is 0 Å². The monoisotopic (exact) mass is 872 g/mol. The molecule has 0 aliphatic rings. The van der Waals surface area contributed by atoms with Crippen LogP contribution in [0.1, 0.15) is 284 Å². The molecule has 6 nitrogen and oxygen atoms in total. The maximum absolute atomic E-state index is 12.4. The smallest absolute Gasteiger partial charge is 0.305 e.